The molecule has 0 saturated heterocycles. The van der Waals surface area contributed by atoms with E-state index >= 15 is 0 Å². The van der Waals surface area contributed by atoms with Crippen LogP contribution in [0.2, 0.25) is 0 Å². The molecule has 4 heteroatoms. The zero-order chi connectivity index (χ0) is 11.0. The van der Waals surface area contributed by atoms with E-state index in [0.29, 0.717) is 5.58 Å². The number of hydrogen-bond donors (Lipinski definition) is 1. The normalized spacial score (nSPS) is 10.8. The molecule has 0 aliphatic rings. The third kappa shape index (κ3) is 1.40. The van der Waals surface area contributed by atoms with Crippen LogP contribution in [-0.2, 0) is 0 Å². The van der Waals surface area contributed by atoms with Gasteiger partial charge in [-0.15, -0.1) is 0 Å². The number of anilines is 1. The molecule has 2 N–H and O–H groups in total. The Morgan fingerprint density at radius 2 is 2.06 bits per heavy atom. The Bertz CT molecular complexity index is 631. The number of benzene rings is 1. The first-order valence-corrected chi connectivity index (χ1v) is 4.89. The molecule has 16 heavy (non-hydrogen) atoms. The Kier molecular flexibility index (Phi) is 1.86. The van der Waals surface area contributed by atoms with Crippen molar-refractivity contribution in [3.63, 3.8) is 0 Å². The van der Waals surface area contributed by atoms with Gasteiger partial charge in [0.25, 0.3) is 6.01 Å². The summed E-state index contributed by atoms with van der Waals surface area (Å²) in [7, 11) is 0. The SMILES string of the molecule is Nc1nc2cc(-c3cccnc3)ccc2o1. The van der Waals surface area contributed by atoms with Gasteiger partial charge < -0.3 is 10.2 Å². The fourth-order valence-electron chi connectivity index (χ4n) is 1.66. The number of rotatable bonds is 1. The monoisotopic (exact) mass is 211 g/mol. The van der Waals surface area contributed by atoms with Crippen molar-refractivity contribution in [2.45, 2.75) is 0 Å². The lowest BCUT2D eigenvalue weighted by Gasteiger charge is -1.99. The Hall–Kier alpha value is -2.36. The average Bonchev–Trinajstić information content (AvgIpc) is 2.69. The van der Waals surface area contributed by atoms with E-state index in [1.54, 1.807) is 6.20 Å². The summed E-state index contributed by atoms with van der Waals surface area (Å²) in [5.41, 5.74) is 9.05. The summed E-state index contributed by atoms with van der Waals surface area (Å²) in [6, 6.07) is 9.85. The van der Waals surface area contributed by atoms with Gasteiger partial charge in [-0.1, -0.05) is 12.1 Å². The van der Waals surface area contributed by atoms with E-state index in [4.69, 9.17) is 10.2 Å². The van der Waals surface area contributed by atoms with E-state index in [9.17, 15) is 0 Å². The van der Waals surface area contributed by atoms with E-state index in [1.165, 1.54) is 0 Å². The highest BCUT2D eigenvalue weighted by molar-refractivity contribution is 5.81. The van der Waals surface area contributed by atoms with Crippen molar-refractivity contribution in [3.8, 4) is 11.1 Å². The molecule has 0 atom stereocenters. The lowest BCUT2D eigenvalue weighted by molar-refractivity contribution is 0.626. The maximum atomic E-state index is 5.49. The highest BCUT2D eigenvalue weighted by Gasteiger charge is 2.04. The molecule has 0 radical (unpaired) electrons. The molecular weight excluding hydrogens is 202 g/mol. The Morgan fingerprint density at radius 1 is 1.12 bits per heavy atom. The minimum atomic E-state index is 0.193. The largest absolute Gasteiger partial charge is 0.424 e. The van der Waals surface area contributed by atoms with Gasteiger partial charge in [-0.3, -0.25) is 4.98 Å². The average molecular weight is 211 g/mol. The van der Waals surface area contributed by atoms with Gasteiger partial charge in [-0.25, -0.2) is 0 Å². The van der Waals surface area contributed by atoms with Crippen molar-refractivity contribution in [2.24, 2.45) is 0 Å². The van der Waals surface area contributed by atoms with Crippen molar-refractivity contribution in [3.05, 3.63) is 42.7 Å². The Balaban J connectivity index is 2.18. The van der Waals surface area contributed by atoms with Crippen molar-refractivity contribution < 1.29 is 4.42 Å². The number of nitrogen functional groups attached to an aromatic ring is 1. The highest BCUT2D eigenvalue weighted by atomic mass is 16.4. The van der Waals surface area contributed by atoms with Crippen LogP contribution >= 0.6 is 0 Å². The molecule has 78 valence electrons. The number of oxazole rings is 1. The summed E-state index contributed by atoms with van der Waals surface area (Å²) in [4.78, 5) is 8.17. The summed E-state index contributed by atoms with van der Waals surface area (Å²) in [5, 5.41) is 0. The predicted molar refractivity (Wildman–Crippen MR) is 61.7 cm³/mol. The first kappa shape index (κ1) is 8.91. The molecule has 0 saturated carbocycles. The molecule has 4 nitrogen and oxygen atoms in total. The number of nitrogens with two attached hydrogens (primary N) is 1. The van der Waals surface area contributed by atoms with E-state index in [0.717, 1.165) is 16.6 Å². The van der Waals surface area contributed by atoms with Gasteiger partial charge in [0, 0.05) is 18.0 Å². The molecular formula is C12H9N3O. The molecule has 0 amide bonds. The van der Waals surface area contributed by atoms with Gasteiger partial charge >= 0.3 is 0 Å². The van der Waals surface area contributed by atoms with Gasteiger partial charge in [0.2, 0.25) is 0 Å². The van der Waals surface area contributed by atoms with Crippen molar-refractivity contribution in [2.75, 3.05) is 5.73 Å². The third-order valence-corrected chi connectivity index (χ3v) is 2.40. The van der Waals surface area contributed by atoms with E-state index in [2.05, 4.69) is 9.97 Å². The smallest absolute Gasteiger partial charge is 0.292 e. The van der Waals surface area contributed by atoms with Crippen LogP contribution in [0.3, 0.4) is 0 Å². The standard InChI is InChI=1S/C12H9N3O/c13-12-15-10-6-8(3-4-11(10)16-12)9-2-1-5-14-7-9/h1-7H,(H2,13,15). The van der Waals surface area contributed by atoms with Crippen LogP contribution in [0.5, 0.6) is 0 Å². The molecule has 0 spiro atoms. The lowest BCUT2D eigenvalue weighted by Crippen LogP contribution is -1.81. The van der Waals surface area contributed by atoms with E-state index in [1.807, 2.05) is 36.5 Å². The van der Waals surface area contributed by atoms with Crippen molar-refractivity contribution in [1.82, 2.24) is 9.97 Å². The van der Waals surface area contributed by atoms with Crippen LogP contribution in [0.25, 0.3) is 22.2 Å². The second-order valence-corrected chi connectivity index (χ2v) is 3.48. The van der Waals surface area contributed by atoms with Crippen LogP contribution in [-0.4, -0.2) is 9.97 Å². The molecule has 0 bridgehead atoms. The molecule has 3 rings (SSSR count). The van der Waals surface area contributed by atoms with Gasteiger partial charge in [0.15, 0.2) is 5.58 Å². The molecule has 2 heterocycles. The quantitative estimate of drug-likeness (QED) is 0.671. The second kappa shape index (κ2) is 3.34. The molecule has 3 aromatic rings. The third-order valence-electron chi connectivity index (χ3n) is 2.40. The van der Waals surface area contributed by atoms with Crippen LogP contribution in [0.4, 0.5) is 6.01 Å². The molecule has 1 aromatic carbocycles. The van der Waals surface area contributed by atoms with Crippen molar-refractivity contribution in [1.29, 1.82) is 0 Å². The number of hydrogen-bond acceptors (Lipinski definition) is 4. The number of fused-ring (bicyclic) bond motifs is 1. The summed E-state index contributed by atoms with van der Waals surface area (Å²) < 4.78 is 5.21. The Labute approximate surface area is 91.7 Å². The van der Waals surface area contributed by atoms with Gasteiger partial charge in [0.05, 0.1) is 0 Å². The topological polar surface area (TPSA) is 64.9 Å². The summed E-state index contributed by atoms with van der Waals surface area (Å²) in [6.45, 7) is 0. The van der Waals surface area contributed by atoms with Crippen LogP contribution in [0.15, 0.2) is 47.1 Å². The highest BCUT2D eigenvalue weighted by Crippen LogP contribution is 2.24. The van der Waals surface area contributed by atoms with Gasteiger partial charge in [0.1, 0.15) is 5.52 Å². The number of nitrogens with zero attached hydrogens (tertiary/aromatic N) is 2. The maximum Gasteiger partial charge on any atom is 0.292 e. The second-order valence-electron chi connectivity index (χ2n) is 3.48. The molecule has 0 unspecified atom stereocenters. The predicted octanol–water partition coefficient (Wildman–Crippen LogP) is 2.47. The summed E-state index contributed by atoms with van der Waals surface area (Å²) in [5.74, 6) is 0. The fraction of sp³-hybridized carbons (Fsp3) is 0. The fourth-order valence-corrected chi connectivity index (χ4v) is 1.66. The first-order chi connectivity index (χ1) is 7.83. The summed E-state index contributed by atoms with van der Waals surface area (Å²) in [6.07, 6.45) is 3.56. The number of pyridine rings is 1. The number of aromatic nitrogens is 2. The van der Waals surface area contributed by atoms with E-state index in [-0.39, 0.29) is 6.01 Å². The minimum absolute atomic E-state index is 0.193. The molecule has 2 aromatic heterocycles. The van der Waals surface area contributed by atoms with Crippen LogP contribution in [0.1, 0.15) is 0 Å². The molecule has 0 fully saturated rings. The van der Waals surface area contributed by atoms with Crippen LogP contribution in [0, 0.1) is 0 Å². The van der Waals surface area contributed by atoms with Crippen molar-refractivity contribution >= 4 is 17.1 Å². The minimum Gasteiger partial charge on any atom is -0.424 e. The molecule has 0 aliphatic carbocycles. The Morgan fingerprint density at radius 3 is 2.88 bits per heavy atom. The maximum absolute atomic E-state index is 5.49. The summed E-state index contributed by atoms with van der Waals surface area (Å²) >= 11 is 0. The van der Waals surface area contributed by atoms with Gasteiger partial charge in [-0.2, -0.15) is 4.98 Å². The van der Waals surface area contributed by atoms with Gasteiger partial charge in [-0.05, 0) is 23.8 Å². The van der Waals surface area contributed by atoms with Crippen LogP contribution < -0.4 is 5.73 Å². The zero-order valence-corrected chi connectivity index (χ0v) is 8.42. The lowest BCUT2D eigenvalue weighted by atomic mass is 10.1. The zero-order valence-electron chi connectivity index (χ0n) is 8.42. The first-order valence-electron chi connectivity index (χ1n) is 4.89. The van der Waals surface area contributed by atoms with E-state index < -0.39 is 0 Å². The molecule has 0 aliphatic heterocycles.